The van der Waals surface area contributed by atoms with Gasteiger partial charge in [0.1, 0.15) is 0 Å². The van der Waals surface area contributed by atoms with Gasteiger partial charge in [-0.15, -0.1) is 11.8 Å². The second kappa shape index (κ2) is 6.04. The lowest BCUT2D eigenvalue weighted by Gasteiger charge is -2.23. The van der Waals surface area contributed by atoms with E-state index >= 15 is 0 Å². The van der Waals surface area contributed by atoms with Crippen molar-refractivity contribution in [2.75, 3.05) is 11.4 Å². The predicted octanol–water partition coefficient (Wildman–Crippen LogP) is 4.71. The number of carbonyl (C=O) groups excluding carboxylic acids is 1. The van der Waals surface area contributed by atoms with Crippen molar-refractivity contribution in [2.24, 2.45) is 0 Å². The van der Waals surface area contributed by atoms with Gasteiger partial charge in [-0.2, -0.15) is 0 Å². The average molecular weight is 323 g/mol. The number of nitrogens with zero attached hydrogens (tertiary/aromatic N) is 1. The largest absolute Gasteiger partial charge is 0.307 e. The highest BCUT2D eigenvalue weighted by atomic mass is 32.2. The van der Waals surface area contributed by atoms with Crippen molar-refractivity contribution < 1.29 is 4.79 Å². The molecule has 2 aromatic rings. The molecule has 118 valence electrons. The zero-order valence-electron chi connectivity index (χ0n) is 13.4. The summed E-state index contributed by atoms with van der Waals surface area (Å²) in [5.74, 6) is 0.141. The Morgan fingerprint density at radius 2 is 1.96 bits per heavy atom. The van der Waals surface area contributed by atoms with E-state index in [2.05, 4.69) is 37.3 Å². The second-order valence-electron chi connectivity index (χ2n) is 6.48. The molecule has 0 N–H and O–H groups in total. The molecule has 1 heterocycles. The Hall–Kier alpha value is -1.74. The maximum absolute atomic E-state index is 13.1. The highest BCUT2D eigenvalue weighted by molar-refractivity contribution is 8.00. The second-order valence-corrected chi connectivity index (χ2v) is 7.96. The smallest absolute Gasteiger partial charge is 0.258 e. The Kier molecular flexibility index (Phi) is 3.90. The number of aryl methyl sites for hydroxylation is 2. The minimum atomic E-state index is 0.141. The number of fused-ring (bicyclic) bond motifs is 2. The summed E-state index contributed by atoms with van der Waals surface area (Å²) in [5.41, 5.74) is 4.68. The van der Waals surface area contributed by atoms with Gasteiger partial charge in [-0.25, -0.2) is 0 Å². The molecule has 0 radical (unpaired) electrons. The lowest BCUT2D eigenvalue weighted by molar-refractivity contribution is 0.0986. The van der Waals surface area contributed by atoms with Crippen molar-refractivity contribution in [2.45, 2.75) is 42.8 Å². The number of para-hydroxylation sites is 1. The first-order valence-corrected chi connectivity index (χ1v) is 9.30. The lowest BCUT2D eigenvalue weighted by atomic mass is 10.1. The van der Waals surface area contributed by atoms with Crippen molar-refractivity contribution in [3.8, 4) is 0 Å². The summed E-state index contributed by atoms with van der Waals surface area (Å²) in [4.78, 5) is 16.3. The number of rotatable bonds is 1. The van der Waals surface area contributed by atoms with E-state index in [4.69, 9.17) is 0 Å². The summed E-state index contributed by atoms with van der Waals surface area (Å²) in [6, 6.07) is 14.6. The van der Waals surface area contributed by atoms with Gasteiger partial charge in [0, 0.05) is 22.3 Å². The molecule has 1 aliphatic heterocycles. The van der Waals surface area contributed by atoms with E-state index in [0.717, 1.165) is 37.1 Å². The van der Waals surface area contributed by atoms with E-state index in [-0.39, 0.29) is 5.91 Å². The third-order valence-electron chi connectivity index (χ3n) is 4.83. The standard InChI is InChI=1S/C20H21NOS/c1-14-11-12-21(18-7-2-3-8-19(18)23-14)20(22)17-10-9-15-5-4-6-16(15)13-17/h2-3,7-10,13-14H,4-6,11-12H2,1H3. The van der Waals surface area contributed by atoms with Crippen molar-refractivity contribution in [1.29, 1.82) is 0 Å². The van der Waals surface area contributed by atoms with Crippen LogP contribution >= 0.6 is 11.8 Å². The number of thioether (sulfide) groups is 1. The lowest BCUT2D eigenvalue weighted by Crippen LogP contribution is -2.32. The van der Waals surface area contributed by atoms with E-state index in [9.17, 15) is 4.79 Å². The monoisotopic (exact) mass is 323 g/mol. The van der Waals surface area contributed by atoms with Crippen LogP contribution in [0.2, 0.25) is 0 Å². The molecule has 2 aromatic carbocycles. The van der Waals surface area contributed by atoms with E-state index in [1.165, 1.54) is 22.4 Å². The van der Waals surface area contributed by atoms with E-state index in [1.807, 2.05) is 28.8 Å². The summed E-state index contributed by atoms with van der Waals surface area (Å²) in [6.45, 7) is 3.03. The van der Waals surface area contributed by atoms with Gasteiger partial charge in [0.15, 0.2) is 0 Å². The van der Waals surface area contributed by atoms with Gasteiger partial charge in [-0.3, -0.25) is 4.79 Å². The Bertz CT molecular complexity index is 755. The molecule has 1 amide bonds. The molecule has 3 heteroatoms. The maximum Gasteiger partial charge on any atom is 0.258 e. The van der Waals surface area contributed by atoms with Gasteiger partial charge in [0.2, 0.25) is 0 Å². The van der Waals surface area contributed by atoms with Crippen molar-refractivity contribution in [3.05, 3.63) is 59.2 Å². The predicted molar refractivity (Wildman–Crippen MR) is 96.5 cm³/mol. The molecule has 2 nitrogen and oxygen atoms in total. The summed E-state index contributed by atoms with van der Waals surface area (Å²) in [7, 11) is 0. The van der Waals surface area contributed by atoms with Crippen LogP contribution in [-0.2, 0) is 12.8 Å². The number of carbonyl (C=O) groups is 1. The molecule has 0 spiro atoms. The molecule has 23 heavy (non-hydrogen) atoms. The van der Waals surface area contributed by atoms with Gasteiger partial charge < -0.3 is 4.90 Å². The molecule has 1 unspecified atom stereocenters. The first-order chi connectivity index (χ1) is 11.2. The van der Waals surface area contributed by atoms with Gasteiger partial charge in [-0.05, 0) is 61.1 Å². The molecule has 0 aromatic heterocycles. The van der Waals surface area contributed by atoms with Crippen molar-refractivity contribution in [3.63, 3.8) is 0 Å². The molecule has 0 saturated heterocycles. The molecule has 1 aliphatic carbocycles. The van der Waals surface area contributed by atoms with Crippen LogP contribution in [0, 0.1) is 0 Å². The van der Waals surface area contributed by atoms with Crippen LogP contribution in [0.4, 0.5) is 5.69 Å². The van der Waals surface area contributed by atoms with E-state index in [0.29, 0.717) is 5.25 Å². The number of hydrogen-bond acceptors (Lipinski definition) is 2. The zero-order chi connectivity index (χ0) is 15.8. The van der Waals surface area contributed by atoms with E-state index in [1.54, 1.807) is 0 Å². The van der Waals surface area contributed by atoms with Crippen LogP contribution in [0.25, 0.3) is 0 Å². The fourth-order valence-corrected chi connectivity index (χ4v) is 4.67. The highest BCUT2D eigenvalue weighted by Gasteiger charge is 2.25. The fraction of sp³-hybridized carbons (Fsp3) is 0.350. The molecule has 1 atom stereocenters. The quantitative estimate of drug-likeness (QED) is 0.758. The van der Waals surface area contributed by atoms with Crippen LogP contribution in [-0.4, -0.2) is 17.7 Å². The first-order valence-electron chi connectivity index (χ1n) is 8.42. The Labute approximate surface area is 141 Å². The Balaban J connectivity index is 1.70. The van der Waals surface area contributed by atoms with Gasteiger partial charge >= 0.3 is 0 Å². The van der Waals surface area contributed by atoms with Crippen LogP contribution in [0.5, 0.6) is 0 Å². The molecule has 0 fully saturated rings. The minimum absolute atomic E-state index is 0.141. The summed E-state index contributed by atoms with van der Waals surface area (Å²) < 4.78 is 0. The number of benzene rings is 2. The Morgan fingerprint density at radius 3 is 2.87 bits per heavy atom. The number of amides is 1. The molecule has 2 aliphatic rings. The number of anilines is 1. The van der Waals surface area contributed by atoms with Crippen LogP contribution in [0.15, 0.2) is 47.4 Å². The zero-order valence-corrected chi connectivity index (χ0v) is 14.2. The van der Waals surface area contributed by atoms with E-state index < -0.39 is 0 Å². The third kappa shape index (κ3) is 2.78. The Morgan fingerprint density at radius 1 is 1.13 bits per heavy atom. The third-order valence-corrected chi connectivity index (χ3v) is 6.07. The normalized spacial score (nSPS) is 19.9. The summed E-state index contributed by atoms with van der Waals surface area (Å²) in [5, 5.41) is 0.536. The fourth-order valence-electron chi connectivity index (χ4n) is 3.56. The van der Waals surface area contributed by atoms with Gasteiger partial charge in [0.05, 0.1) is 5.69 Å². The topological polar surface area (TPSA) is 20.3 Å². The molecule has 4 rings (SSSR count). The summed E-state index contributed by atoms with van der Waals surface area (Å²) >= 11 is 1.88. The maximum atomic E-state index is 13.1. The van der Waals surface area contributed by atoms with Crippen LogP contribution < -0.4 is 4.90 Å². The molecular weight excluding hydrogens is 302 g/mol. The number of hydrogen-bond donors (Lipinski definition) is 0. The van der Waals surface area contributed by atoms with Gasteiger partial charge in [-0.1, -0.05) is 25.1 Å². The molecule has 0 saturated carbocycles. The highest BCUT2D eigenvalue weighted by Crippen LogP contribution is 2.38. The first kappa shape index (κ1) is 14.8. The molecule has 0 bridgehead atoms. The summed E-state index contributed by atoms with van der Waals surface area (Å²) in [6.07, 6.45) is 4.51. The molecular formula is C20H21NOS. The van der Waals surface area contributed by atoms with Crippen molar-refractivity contribution >= 4 is 23.4 Å². The SMILES string of the molecule is CC1CCN(C(=O)c2ccc3c(c2)CCC3)c2ccccc2S1. The minimum Gasteiger partial charge on any atom is -0.307 e. The van der Waals surface area contributed by atoms with Crippen LogP contribution in [0.3, 0.4) is 0 Å². The van der Waals surface area contributed by atoms with Crippen molar-refractivity contribution in [1.82, 2.24) is 0 Å². The average Bonchev–Trinajstić information content (AvgIpc) is 2.96. The van der Waals surface area contributed by atoms with Gasteiger partial charge in [0.25, 0.3) is 5.91 Å². The van der Waals surface area contributed by atoms with Crippen LogP contribution in [0.1, 0.15) is 41.3 Å².